The summed E-state index contributed by atoms with van der Waals surface area (Å²) in [5, 5.41) is 22.3. The quantitative estimate of drug-likeness (QED) is 0.765. The molecule has 0 aliphatic carbocycles. The van der Waals surface area contributed by atoms with E-state index in [4.69, 9.17) is 5.26 Å². The SMILES string of the molecule is N#CCC(O)c1cn[nH]c1C(F)(F)F. The summed E-state index contributed by atoms with van der Waals surface area (Å²) >= 11 is 0. The molecule has 0 aliphatic rings. The van der Waals surface area contributed by atoms with Gasteiger partial charge in [-0.3, -0.25) is 5.10 Å². The van der Waals surface area contributed by atoms with Gasteiger partial charge in [0.25, 0.3) is 0 Å². The summed E-state index contributed by atoms with van der Waals surface area (Å²) < 4.78 is 36.7. The van der Waals surface area contributed by atoms with Crippen LogP contribution in [0.15, 0.2) is 6.20 Å². The van der Waals surface area contributed by atoms with E-state index in [1.807, 2.05) is 0 Å². The first-order valence-corrected chi connectivity index (χ1v) is 3.62. The van der Waals surface area contributed by atoms with Gasteiger partial charge in [0, 0.05) is 5.56 Å². The summed E-state index contributed by atoms with van der Waals surface area (Å²) in [5.41, 5.74) is -1.51. The van der Waals surface area contributed by atoms with E-state index in [1.54, 1.807) is 11.2 Å². The van der Waals surface area contributed by atoms with Crippen molar-refractivity contribution in [1.29, 1.82) is 5.26 Å². The zero-order chi connectivity index (χ0) is 10.8. The summed E-state index contributed by atoms with van der Waals surface area (Å²) in [6, 6.07) is 1.58. The van der Waals surface area contributed by atoms with E-state index in [9.17, 15) is 18.3 Å². The van der Waals surface area contributed by atoms with E-state index in [0.29, 0.717) is 0 Å². The number of nitrogens with one attached hydrogen (secondary N) is 1. The first kappa shape index (κ1) is 10.5. The zero-order valence-corrected chi connectivity index (χ0v) is 6.84. The molecule has 0 saturated heterocycles. The maximum atomic E-state index is 12.2. The van der Waals surface area contributed by atoms with Crippen LogP contribution in [0.4, 0.5) is 13.2 Å². The van der Waals surface area contributed by atoms with Crippen LogP contribution >= 0.6 is 0 Å². The van der Waals surface area contributed by atoms with Crippen LogP contribution < -0.4 is 0 Å². The lowest BCUT2D eigenvalue weighted by Crippen LogP contribution is -2.11. The van der Waals surface area contributed by atoms with Gasteiger partial charge in [-0.15, -0.1) is 0 Å². The number of halogens is 3. The Morgan fingerprint density at radius 2 is 2.29 bits per heavy atom. The molecule has 1 aromatic rings. The Kier molecular flexibility index (Phi) is 2.76. The van der Waals surface area contributed by atoms with Crippen LogP contribution in [0.5, 0.6) is 0 Å². The number of nitrogens with zero attached hydrogens (tertiary/aromatic N) is 2. The van der Waals surface area contributed by atoms with Crippen LogP contribution in [-0.4, -0.2) is 15.3 Å². The van der Waals surface area contributed by atoms with Gasteiger partial charge < -0.3 is 5.11 Å². The third-order valence-electron chi connectivity index (χ3n) is 1.60. The maximum absolute atomic E-state index is 12.2. The summed E-state index contributed by atoms with van der Waals surface area (Å²) in [5.74, 6) is 0. The predicted molar refractivity (Wildman–Crippen MR) is 38.8 cm³/mol. The highest BCUT2D eigenvalue weighted by molar-refractivity contribution is 5.22. The highest BCUT2D eigenvalue weighted by Crippen LogP contribution is 2.33. The molecule has 0 spiro atoms. The van der Waals surface area contributed by atoms with Gasteiger partial charge in [0.1, 0.15) is 5.69 Å². The molecular weight excluding hydrogens is 199 g/mol. The van der Waals surface area contributed by atoms with E-state index in [2.05, 4.69) is 5.10 Å². The van der Waals surface area contributed by atoms with Crippen molar-refractivity contribution in [3.05, 3.63) is 17.5 Å². The van der Waals surface area contributed by atoms with Gasteiger partial charge in [-0.05, 0) is 0 Å². The number of H-pyrrole nitrogens is 1. The van der Waals surface area contributed by atoms with Crippen LogP contribution in [0.3, 0.4) is 0 Å². The highest BCUT2D eigenvalue weighted by Gasteiger charge is 2.37. The van der Waals surface area contributed by atoms with E-state index in [-0.39, 0.29) is 0 Å². The van der Waals surface area contributed by atoms with Crippen LogP contribution in [0, 0.1) is 11.3 Å². The van der Waals surface area contributed by atoms with E-state index in [0.717, 1.165) is 6.20 Å². The third-order valence-corrected chi connectivity index (χ3v) is 1.60. The molecule has 0 saturated carbocycles. The predicted octanol–water partition coefficient (Wildman–Crippen LogP) is 1.38. The van der Waals surface area contributed by atoms with Gasteiger partial charge in [-0.2, -0.15) is 23.5 Å². The fraction of sp³-hybridized carbons (Fsp3) is 0.429. The number of nitriles is 1. The molecule has 1 heterocycles. The number of alkyl halides is 3. The number of aliphatic hydroxyl groups excluding tert-OH is 1. The summed E-state index contributed by atoms with van der Waals surface area (Å²) in [6.07, 6.45) is -5.59. The number of aliphatic hydroxyl groups is 1. The molecule has 0 aliphatic heterocycles. The van der Waals surface area contributed by atoms with Crippen molar-refractivity contribution in [1.82, 2.24) is 10.2 Å². The van der Waals surface area contributed by atoms with Gasteiger partial charge in [0.05, 0.1) is 24.8 Å². The van der Waals surface area contributed by atoms with Crippen molar-refractivity contribution in [3.8, 4) is 6.07 Å². The van der Waals surface area contributed by atoms with Crippen LogP contribution in [0.2, 0.25) is 0 Å². The monoisotopic (exact) mass is 205 g/mol. The minimum Gasteiger partial charge on any atom is -0.387 e. The Hall–Kier alpha value is -1.55. The second-order valence-electron chi connectivity index (χ2n) is 2.58. The molecule has 7 heteroatoms. The van der Waals surface area contributed by atoms with E-state index >= 15 is 0 Å². The summed E-state index contributed by atoms with van der Waals surface area (Å²) in [6.45, 7) is 0. The van der Waals surface area contributed by atoms with Crippen molar-refractivity contribution >= 4 is 0 Å². The molecule has 1 atom stereocenters. The van der Waals surface area contributed by atoms with Gasteiger partial charge in [0.15, 0.2) is 0 Å². The Bertz CT molecular complexity index is 352. The lowest BCUT2D eigenvalue weighted by atomic mass is 10.1. The Labute approximate surface area is 77.0 Å². The topological polar surface area (TPSA) is 72.7 Å². The van der Waals surface area contributed by atoms with Gasteiger partial charge >= 0.3 is 6.18 Å². The number of aromatic nitrogens is 2. The minimum absolute atomic E-state index is 0.400. The van der Waals surface area contributed by atoms with Gasteiger partial charge in [0.2, 0.25) is 0 Å². The molecule has 2 N–H and O–H groups in total. The smallest absolute Gasteiger partial charge is 0.387 e. The molecule has 0 radical (unpaired) electrons. The zero-order valence-electron chi connectivity index (χ0n) is 6.84. The lowest BCUT2D eigenvalue weighted by molar-refractivity contribution is -0.142. The fourth-order valence-corrected chi connectivity index (χ4v) is 0.972. The summed E-state index contributed by atoms with van der Waals surface area (Å²) in [4.78, 5) is 0. The maximum Gasteiger partial charge on any atom is 0.433 e. The number of aromatic amines is 1. The van der Waals surface area contributed by atoms with Crippen LogP contribution in [0.1, 0.15) is 23.8 Å². The lowest BCUT2D eigenvalue weighted by Gasteiger charge is -2.09. The Morgan fingerprint density at radius 1 is 1.64 bits per heavy atom. The fourth-order valence-electron chi connectivity index (χ4n) is 0.972. The number of rotatable bonds is 2. The number of hydrogen-bond donors (Lipinski definition) is 2. The second kappa shape index (κ2) is 3.67. The number of hydrogen-bond acceptors (Lipinski definition) is 3. The average Bonchev–Trinajstić information content (AvgIpc) is 2.50. The first-order chi connectivity index (χ1) is 6.46. The van der Waals surface area contributed by atoms with Crippen molar-refractivity contribution in [3.63, 3.8) is 0 Å². The van der Waals surface area contributed by atoms with Crippen molar-refractivity contribution in [2.45, 2.75) is 18.7 Å². The van der Waals surface area contributed by atoms with Crippen molar-refractivity contribution in [2.75, 3.05) is 0 Å². The average molecular weight is 205 g/mol. The highest BCUT2D eigenvalue weighted by atomic mass is 19.4. The molecule has 0 aromatic carbocycles. The Morgan fingerprint density at radius 3 is 2.79 bits per heavy atom. The standard InChI is InChI=1S/C7H6F3N3O/c8-7(9,10)6-4(3-12-13-6)5(14)1-2-11/h3,5,14H,1H2,(H,12,13). The van der Waals surface area contributed by atoms with Gasteiger partial charge in [-0.25, -0.2) is 0 Å². The molecule has 4 nitrogen and oxygen atoms in total. The molecule has 0 amide bonds. The molecule has 1 unspecified atom stereocenters. The molecule has 1 aromatic heterocycles. The van der Waals surface area contributed by atoms with Crippen LogP contribution in [0.25, 0.3) is 0 Å². The molecule has 0 bridgehead atoms. The van der Waals surface area contributed by atoms with E-state index in [1.165, 1.54) is 0 Å². The van der Waals surface area contributed by atoms with Crippen molar-refractivity contribution < 1.29 is 18.3 Å². The molecule has 14 heavy (non-hydrogen) atoms. The molecule has 0 fully saturated rings. The Balaban J connectivity index is 3.00. The first-order valence-electron chi connectivity index (χ1n) is 3.62. The molecular formula is C7H6F3N3O. The summed E-state index contributed by atoms with van der Waals surface area (Å²) in [7, 11) is 0. The third kappa shape index (κ3) is 2.03. The van der Waals surface area contributed by atoms with Gasteiger partial charge in [-0.1, -0.05) is 0 Å². The molecule has 76 valence electrons. The van der Waals surface area contributed by atoms with Crippen LogP contribution in [-0.2, 0) is 6.18 Å². The largest absolute Gasteiger partial charge is 0.433 e. The minimum atomic E-state index is -4.59. The van der Waals surface area contributed by atoms with E-state index < -0.39 is 30.0 Å². The second-order valence-corrected chi connectivity index (χ2v) is 2.58. The molecule has 1 rings (SSSR count). The normalized spacial score (nSPS) is 13.6. The van der Waals surface area contributed by atoms with Crippen molar-refractivity contribution in [2.24, 2.45) is 0 Å².